The standard InChI is InChI=1S/C5H10BrN3O/c1-8-4(6)7-5(10-3)9(8)2/h4H,1-3H3. The van der Waals surface area contributed by atoms with E-state index in [9.17, 15) is 0 Å². The topological polar surface area (TPSA) is 28.1 Å². The number of ether oxygens (including phenoxy) is 1. The molecule has 0 N–H and O–H groups in total. The van der Waals surface area contributed by atoms with Crippen molar-refractivity contribution in [1.82, 2.24) is 10.0 Å². The SMILES string of the molecule is COC1=NC(Br)N(C)N1C. The predicted molar refractivity (Wildman–Crippen MR) is 42.7 cm³/mol. The predicted octanol–water partition coefficient (Wildman–Crippen LogP) is 0.459. The molecule has 0 fully saturated rings. The molecule has 0 aromatic carbocycles. The molecule has 0 spiro atoms. The molecule has 1 aliphatic heterocycles. The van der Waals surface area contributed by atoms with Crippen molar-refractivity contribution < 1.29 is 4.74 Å². The summed E-state index contributed by atoms with van der Waals surface area (Å²) in [7, 11) is 5.42. The zero-order valence-electron chi connectivity index (χ0n) is 6.21. The summed E-state index contributed by atoms with van der Waals surface area (Å²) < 4.78 is 4.97. The lowest BCUT2D eigenvalue weighted by molar-refractivity contribution is 0.0995. The summed E-state index contributed by atoms with van der Waals surface area (Å²) in [6.07, 6.45) is 0. The van der Waals surface area contributed by atoms with Gasteiger partial charge >= 0.3 is 6.02 Å². The molecule has 1 unspecified atom stereocenters. The van der Waals surface area contributed by atoms with Crippen LogP contribution in [-0.4, -0.2) is 42.3 Å². The van der Waals surface area contributed by atoms with E-state index in [4.69, 9.17) is 4.74 Å². The fraction of sp³-hybridized carbons (Fsp3) is 0.800. The average Bonchev–Trinajstić information content (AvgIpc) is 2.17. The summed E-state index contributed by atoms with van der Waals surface area (Å²) in [5.74, 6) is 0. The lowest BCUT2D eigenvalue weighted by Crippen LogP contribution is -2.37. The van der Waals surface area contributed by atoms with Crippen LogP contribution >= 0.6 is 15.9 Å². The van der Waals surface area contributed by atoms with E-state index in [2.05, 4.69) is 20.9 Å². The molecular weight excluding hydrogens is 198 g/mol. The third-order valence-electron chi connectivity index (χ3n) is 1.46. The number of alkyl halides is 1. The minimum absolute atomic E-state index is 0.00690. The summed E-state index contributed by atoms with van der Waals surface area (Å²) in [6.45, 7) is 0. The zero-order valence-corrected chi connectivity index (χ0v) is 7.79. The molecule has 0 aliphatic carbocycles. The van der Waals surface area contributed by atoms with Gasteiger partial charge < -0.3 is 4.74 Å². The molecule has 0 aromatic rings. The lowest BCUT2D eigenvalue weighted by Gasteiger charge is -2.22. The van der Waals surface area contributed by atoms with Crippen LogP contribution in [0, 0.1) is 0 Å². The summed E-state index contributed by atoms with van der Waals surface area (Å²) in [5, 5.41) is 3.76. The molecular formula is C5H10BrN3O. The first-order valence-corrected chi connectivity index (χ1v) is 3.80. The van der Waals surface area contributed by atoms with E-state index in [0.717, 1.165) is 0 Å². The first kappa shape index (κ1) is 7.81. The largest absolute Gasteiger partial charge is 0.468 e. The van der Waals surface area contributed by atoms with Gasteiger partial charge in [0, 0.05) is 14.1 Å². The molecule has 1 rings (SSSR count). The Bertz CT molecular complexity index is 161. The minimum atomic E-state index is 0.00690. The maximum atomic E-state index is 4.97. The number of amidine groups is 1. The molecule has 0 radical (unpaired) electrons. The molecule has 0 bridgehead atoms. The van der Waals surface area contributed by atoms with Crippen LogP contribution in [-0.2, 0) is 4.74 Å². The first-order valence-electron chi connectivity index (χ1n) is 2.89. The fourth-order valence-electron chi connectivity index (χ4n) is 0.721. The van der Waals surface area contributed by atoms with Gasteiger partial charge in [0.05, 0.1) is 7.11 Å². The van der Waals surface area contributed by atoms with Crippen LogP contribution in [0.1, 0.15) is 0 Å². The van der Waals surface area contributed by atoms with Crippen molar-refractivity contribution in [3.8, 4) is 0 Å². The van der Waals surface area contributed by atoms with E-state index in [0.29, 0.717) is 6.02 Å². The molecule has 0 amide bonds. The van der Waals surface area contributed by atoms with E-state index in [-0.39, 0.29) is 5.08 Å². The Labute approximate surface area is 68.6 Å². The summed E-state index contributed by atoms with van der Waals surface area (Å²) >= 11 is 3.34. The number of methoxy groups -OCH3 is 1. The Kier molecular flexibility index (Phi) is 2.15. The zero-order chi connectivity index (χ0) is 7.72. The van der Waals surface area contributed by atoms with Crippen LogP contribution < -0.4 is 0 Å². The van der Waals surface area contributed by atoms with Crippen molar-refractivity contribution in [3.63, 3.8) is 0 Å². The Morgan fingerprint density at radius 3 is 2.40 bits per heavy atom. The van der Waals surface area contributed by atoms with E-state index in [1.165, 1.54) is 0 Å². The van der Waals surface area contributed by atoms with Gasteiger partial charge in [-0.15, -0.1) is 0 Å². The molecule has 58 valence electrons. The van der Waals surface area contributed by atoms with E-state index < -0.39 is 0 Å². The fourth-order valence-corrected chi connectivity index (χ4v) is 1.17. The van der Waals surface area contributed by atoms with Crippen molar-refractivity contribution in [2.24, 2.45) is 4.99 Å². The quantitative estimate of drug-likeness (QED) is 0.427. The van der Waals surface area contributed by atoms with Gasteiger partial charge in [-0.1, -0.05) is 0 Å². The maximum absolute atomic E-state index is 4.97. The van der Waals surface area contributed by atoms with Gasteiger partial charge in [0.25, 0.3) is 0 Å². The number of halogens is 1. The highest BCUT2D eigenvalue weighted by atomic mass is 79.9. The first-order chi connectivity index (χ1) is 4.66. The second-order valence-electron chi connectivity index (χ2n) is 2.02. The van der Waals surface area contributed by atoms with E-state index in [1.807, 2.05) is 24.1 Å². The third kappa shape index (κ3) is 1.11. The normalized spacial score (nSPS) is 27.0. The molecule has 0 aromatic heterocycles. The molecule has 1 atom stereocenters. The number of aliphatic imine (C=N–C) groups is 1. The van der Waals surface area contributed by atoms with Crippen LogP contribution in [0.5, 0.6) is 0 Å². The van der Waals surface area contributed by atoms with E-state index >= 15 is 0 Å². The highest BCUT2D eigenvalue weighted by molar-refractivity contribution is 9.09. The van der Waals surface area contributed by atoms with Crippen molar-refractivity contribution >= 4 is 22.0 Å². The smallest absolute Gasteiger partial charge is 0.304 e. The second-order valence-corrected chi connectivity index (χ2v) is 2.84. The molecule has 1 heterocycles. The van der Waals surface area contributed by atoms with Crippen LogP contribution in [0.15, 0.2) is 4.99 Å². The maximum Gasteiger partial charge on any atom is 0.304 e. The van der Waals surface area contributed by atoms with Crippen molar-refractivity contribution in [3.05, 3.63) is 0 Å². The van der Waals surface area contributed by atoms with Crippen LogP contribution in [0.4, 0.5) is 0 Å². The van der Waals surface area contributed by atoms with Gasteiger partial charge in [0.2, 0.25) is 0 Å². The highest BCUT2D eigenvalue weighted by Gasteiger charge is 2.26. The summed E-state index contributed by atoms with van der Waals surface area (Å²) in [5.41, 5.74) is 0. The Morgan fingerprint density at radius 2 is 2.20 bits per heavy atom. The summed E-state index contributed by atoms with van der Waals surface area (Å²) in [4.78, 5) is 4.13. The molecule has 0 saturated heterocycles. The average molecular weight is 208 g/mol. The Morgan fingerprint density at radius 1 is 1.60 bits per heavy atom. The third-order valence-corrected chi connectivity index (χ3v) is 2.26. The van der Waals surface area contributed by atoms with Crippen molar-refractivity contribution in [2.75, 3.05) is 21.2 Å². The van der Waals surface area contributed by atoms with Crippen LogP contribution in [0.2, 0.25) is 0 Å². The number of nitrogens with zero attached hydrogens (tertiary/aromatic N) is 3. The number of hydrazine groups is 1. The Hall–Kier alpha value is -0.290. The highest BCUT2D eigenvalue weighted by Crippen LogP contribution is 2.16. The molecule has 4 nitrogen and oxygen atoms in total. The Balaban J connectivity index is 2.68. The van der Waals surface area contributed by atoms with Crippen LogP contribution in [0.25, 0.3) is 0 Å². The molecule has 0 saturated carbocycles. The second kappa shape index (κ2) is 2.75. The van der Waals surface area contributed by atoms with Gasteiger partial charge in [-0.05, 0) is 15.9 Å². The van der Waals surface area contributed by atoms with Gasteiger partial charge in [-0.25, -0.2) is 4.99 Å². The van der Waals surface area contributed by atoms with Crippen molar-refractivity contribution in [1.29, 1.82) is 0 Å². The number of rotatable bonds is 0. The molecule has 10 heavy (non-hydrogen) atoms. The van der Waals surface area contributed by atoms with Crippen LogP contribution in [0.3, 0.4) is 0 Å². The van der Waals surface area contributed by atoms with Gasteiger partial charge in [-0.3, -0.25) is 5.01 Å². The van der Waals surface area contributed by atoms with Gasteiger partial charge in [0.1, 0.15) is 0 Å². The monoisotopic (exact) mass is 207 g/mol. The van der Waals surface area contributed by atoms with Gasteiger partial charge in [0.15, 0.2) is 5.08 Å². The minimum Gasteiger partial charge on any atom is -0.468 e. The lowest BCUT2D eigenvalue weighted by atomic mass is 11.0. The molecule has 1 aliphatic rings. The van der Waals surface area contributed by atoms with E-state index in [1.54, 1.807) is 7.11 Å². The summed E-state index contributed by atoms with van der Waals surface area (Å²) in [6, 6.07) is 0.629. The van der Waals surface area contributed by atoms with Gasteiger partial charge in [-0.2, -0.15) is 5.01 Å². The number of hydrogen-bond acceptors (Lipinski definition) is 4. The molecule has 5 heteroatoms. The number of hydrogen-bond donors (Lipinski definition) is 0. The van der Waals surface area contributed by atoms with Crippen molar-refractivity contribution in [2.45, 2.75) is 5.08 Å².